The van der Waals surface area contributed by atoms with Crippen LogP contribution in [0, 0.1) is 0 Å². The van der Waals surface area contributed by atoms with E-state index < -0.39 is 0 Å². The largest absolute Gasteiger partial charge is 0.483 e. The smallest absolute Gasteiger partial charge is 0.290 e. The van der Waals surface area contributed by atoms with Gasteiger partial charge in [-0.1, -0.05) is 30.3 Å². The maximum Gasteiger partial charge on any atom is 0.290 e. The molecular formula is C24H36N2O4. The van der Waals surface area contributed by atoms with Gasteiger partial charge in [0.05, 0.1) is 6.10 Å². The Bertz CT molecular complexity index is 675. The number of likely N-dealkylation sites (tertiary alicyclic amines) is 2. The van der Waals surface area contributed by atoms with Crippen molar-refractivity contribution < 1.29 is 19.8 Å². The zero-order valence-electron chi connectivity index (χ0n) is 17.9. The van der Waals surface area contributed by atoms with E-state index in [0.29, 0.717) is 11.9 Å². The first-order valence-corrected chi connectivity index (χ1v) is 11.5. The highest BCUT2D eigenvalue weighted by Crippen LogP contribution is 2.40. The predicted octanol–water partition coefficient (Wildman–Crippen LogP) is 3.08. The highest BCUT2D eigenvalue weighted by molar-refractivity contribution is 5.87. The number of aryl methyl sites for hydroxylation is 1. The third-order valence-electron chi connectivity index (χ3n) is 7.12. The molecule has 2 N–H and O–H groups in total. The lowest BCUT2D eigenvalue weighted by Crippen LogP contribution is -2.62. The van der Waals surface area contributed by atoms with Gasteiger partial charge in [0.15, 0.2) is 0 Å². The Morgan fingerprint density at radius 3 is 2.33 bits per heavy atom. The summed E-state index contributed by atoms with van der Waals surface area (Å²) in [4.78, 5) is 26.7. The Kier molecular flexibility index (Phi) is 8.28. The Hall–Kier alpha value is -1.92. The van der Waals surface area contributed by atoms with Crippen LogP contribution < -0.4 is 0 Å². The summed E-state index contributed by atoms with van der Waals surface area (Å²) in [6, 6.07) is 11.0. The average Bonchev–Trinajstić information content (AvgIpc) is 3.15. The molecule has 1 saturated carbocycles. The van der Waals surface area contributed by atoms with E-state index in [1.807, 2.05) is 0 Å². The van der Waals surface area contributed by atoms with Gasteiger partial charge in [-0.15, -0.1) is 0 Å². The van der Waals surface area contributed by atoms with Gasteiger partial charge in [0.1, 0.15) is 5.54 Å². The second-order valence-corrected chi connectivity index (χ2v) is 8.88. The standard InChI is InChI=1S/C23H34N2O2.CH2O2/c26-21-12-10-20(11-13-21)25-18-6-15-23(22(25)27)14-5-17-24(23)16-4-9-19-7-2-1-3-8-19;2-1-3/h1-3,7-8,20-21,26H,4-6,9-18H2;1H,(H,2,3). The summed E-state index contributed by atoms with van der Waals surface area (Å²) in [6.07, 6.45) is 10.0. The van der Waals surface area contributed by atoms with Gasteiger partial charge in [0.25, 0.3) is 6.47 Å². The molecule has 6 heteroatoms. The first-order chi connectivity index (χ1) is 14.6. The minimum absolute atomic E-state index is 0.156. The molecule has 0 aromatic heterocycles. The van der Waals surface area contributed by atoms with Crippen LogP contribution in [-0.2, 0) is 16.0 Å². The Morgan fingerprint density at radius 1 is 1.03 bits per heavy atom. The van der Waals surface area contributed by atoms with Crippen molar-refractivity contribution in [1.82, 2.24) is 9.80 Å². The molecule has 3 aliphatic rings. The normalized spacial score (nSPS) is 29.5. The topological polar surface area (TPSA) is 81.1 Å². The second kappa shape index (κ2) is 10.9. The zero-order chi connectivity index (χ0) is 21.4. The van der Waals surface area contributed by atoms with Crippen molar-refractivity contribution in [2.45, 2.75) is 81.9 Å². The highest BCUT2D eigenvalue weighted by atomic mass is 16.3. The lowest BCUT2D eigenvalue weighted by molar-refractivity contribution is -0.151. The summed E-state index contributed by atoms with van der Waals surface area (Å²) < 4.78 is 0. The molecule has 1 aliphatic carbocycles. The molecule has 3 fully saturated rings. The van der Waals surface area contributed by atoms with Crippen LogP contribution >= 0.6 is 0 Å². The number of piperidine rings is 1. The van der Waals surface area contributed by atoms with Crippen molar-refractivity contribution in [2.24, 2.45) is 0 Å². The second-order valence-electron chi connectivity index (χ2n) is 8.88. The van der Waals surface area contributed by atoms with Gasteiger partial charge in [-0.05, 0) is 82.9 Å². The number of hydrogen-bond acceptors (Lipinski definition) is 4. The van der Waals surface area contributed by atoms with Crippen LogP contribution in [0.15, 0.2) is 30.3 Å². The van der Waals surface area contributed by atoms with Crippen LogP contribution in [-0.4, -0.2) is 69.7 Å². The summed E-state index contributed by atoms with van der Waals surface area (Å²) in [7, 11) is 0. The summed E-state index contributed by atoms with van der Waals surface area (Å²) in [5, 5.41) is 16.7. The zero-order valence-corrected chi connectivity index (χ0v) is 17.9. The highest BCUT2D eigenvalue weighted by Gasteiger charge is 2.51. The first kappa shape index (κ1) is 22.8. The van der Waals surface area contributed by atoms with Gasteiger partial charge in [-0.25, -0.2) is 0 Å². The van der Waals surface area contributed by atoms with E-state index in [-0.39, 0.29) is 18.1 Å². The fraction of sp³-hybridized carbons (Fsp3) is 0.667. The minimum Gasteiger partial charge on any atom is -0.483 e. The molecule has 6 nitrogen and oxygen atoms in total. The Morgan fingerprint density at radius 2 is 1.67 bits per heavy atom. The van der Waals surface area contributed by atoms with Crippen LogP contribution in [0.2, 0.25) is 0 Å². The first-order valence-electron chi connectivity index (χ1n) is 11.5. The van der Waals surface area contributed by atoms with Crippen LogP contribution in [0.4, 0.5) is 0 Å². The van der Waals surface area contributed by atoms with Crippen LogP contribution in [0.3, 0.4) is 0 Å². The molecule has 0 radical (unpaired) electrons. The van der Waals surface area contributed by atoms with E-state index in [1.165, 1.54) is 5.56 Å². The third-order valence-corrected chi connectivity index (χ3v) is 7.12. The van der Waals surface area contributed by atoms with Crippen molar-refractivity contribution >= 4 is 12.4 Å². The van der Waals surface area contributed by atoms with Gasteiger partial charge < -0.3 is 15.1 Å². The molecule has 2 saturated heterocycles. The number of hydrogen-bond donors (Lipinski definition) is 2. The summed E-state index contributed by atoms with van der Waals surface area (Å²) >= 11 is 0. The Balaban J connectivity index is 0.000000806. The Labute approximate surface area is 179 Å². The van der Waals surface area contributed by atoms with Gasteiger partial charge >= 0.3 is 0 Å². The molecule has 1 atom stereocenters. The minimum atomic E-state index is -0.250. The quantitative estimate of drug-likeness (QED) is 0.721. The molecule has 2 aliphatic heterocycles. The molecule has 166 valence electrons. The predicted molar refractivity (Wildman–Crippen MR) is 116 cm³/mol. The molecule has 1 unspecified atom stereocenters. The van der Waals surface area contributed by atoms with E-state index in [4.69, 9.17) is 9.90 Å². The molecular weight excluding hydrogens is 380 g/mol. The van der Waals surface area contributed by atoms with Gasteiger partial charge in [0.2, 0.25) is 5.91 Å². The number of carbonyl (C=O) groups is 2. The molecule has 1 aromatic rings. The molecule has 30 heavy (non-hydrogen) atoms. The summed E-state index contributed by atoms with van der Waals surface area (Å²) in [6.45, 7) is 2.76. The van der Waals surface area contributed by atoms with E-state index in [1.54, 1.807) is 0 Å². The van der Waals surface area contributed by atoms with Gasteiger partial charge in [-0.2, -0.15) is 0 Å². The molecule has 1 aromatic carbocycles. The number of carbonyl (C=O) groups excluding carboxylic acids is 1. The van der Waals surface area contributed by atoms with E-state index in [0.717, 1.165) is 83.8 Å². The van der Waals surface area contributed by atoms with Crippen molar-refractivity contribution in [2.75, 3.05) is 19.6 Å². The van der Waals surface area contributed by atoms with Crippen molar-refractivity contribution in [3.05, 3.63) is 35.9 Å². The SMILES string of the molecule is O=C1N(C2CCC(O)CC2)CCCC12CCCN2CCCc1ccccc1.O=CO. The molecule has 2 heterocycles. The summed E-state index contributed by atoms with van der Waals surface area (Å²) in [5.41, 5.74) is 1.16. The maximum absolute atomic E-state index is 13.6. The monoisotopic (exact) mass is 416 g/mol. The van der Waals surface area contributed by atoms with E-state index in [2.05, 4.69) is 40.1 Å². The van der Waals surface area contributed by atoms with Crippen LogP contribution in [0.25, 0.3) is 0 Å². The molecule has 1 amide bonds. The number of benzene rings is 1. The fourth-order valence-corrected chi connectivity index (χ4v) is 5.64. The summed E-state index contributed by atoms with van der Waals surface area (Å²) in [5.74, 6) is 0.396. The number of aliphatic hydroxyl groups excluding tert-OH is 1. The van der Waals surface area contributed by atoms with E-state index >= 15 is 0 Å². The fourth-order valence-electron chi connectivity index (χ4n) is 5.64. The number of carboxylic acid groups (broad SMARTS) is 1. The van der Waals surface area contributed by atoms with E-state index in [9.17, 15) is 9.90 Å². The number of amides is 1. The number of rotatable bonds is 5. The lowest BCUT2D eigenvalue weighted by atomic mass is 9.82. The molecule has 0 bridgehead atoms. The van der Waals surface area contributed by atoms with Crippen molar-refractivity contribution in [3.8, 4) is 0 Å². The van der Waals surface area contributed by atoms with Gasteiger partial charge in [-0.3, -0.25) is 14.5 Å². The van der Waals surface area contributed by atoms with Crippen molar-refractivity contribution in [3.63, 3.8) is 0 Å². The molecule has 4 rings (SSSR count). The third kappa shape index (κ3) is 5.22. The number of aliphatic hydroxyl groups is 1. The lowest BCUT2D eigenvalue weighted by Gasteiger charge is -2.48. The molecule has 1 spiro atoms. The van der Waals surface area contributed by atoms with Gasteiger partial charge in [0, 0.05) is 12.6 Å². The van der Waals surface area contributed by atoms with Crippen LogP contribution in [0.1, 0.15) is 63.4 Å². The van der Waals surface area contributed by atoms with Crippen LogP contribution in [0.5, 0.6) is 0 Å². The average molecular weight is 417 g/mol. The maximum atomic E-state index is 13.6. The number of nitrogens with zero attached hydrogens (tertiary/aromatic N) is 2. The van der Waals surface area contributed by atoms with Crippen molar-refractivity contribution in [1.29, 1.82) is 0 Å².